The molecule has 0 radical (unpaired) electrons. The lowest BCUT2D eigenvalue weighted by atomic mass is 10.1. The lowest BCUT2D eigenvalue weighted by Gasteiger charge is -2.05. The fourth-order valence-electron chi connectivity index (χ4n) is 4.50. The summed E-state index contributed by atoms with van der Waals surface area (Å²) in [6.45, 7) is 2.05. The van der Waals surface area contributed by atoms with E-state index in [0.29, 0.717) is 5.71 Å². The highest BCUT2D eigenvalue weighted by Gasteiger charge is 2.18. The summed E-state index contributed by atoms with van der Waals surface area (Å²) in [7, 11) is 0. The van der Waals surface area contributed by atoms with E-state index in [0.717, 1.165) is 55.5 Å². The van der Waals surface area contributed by atoms with Gasteiger partial charge in [0.2, 0.25) is 11.5 Å². The van der Waals surface area contributed by atoms with Crippen LogP contribution in [0.15, 0.2) is 83.4 Å². The Bertz CT molecular complexity index is 1770. The van der Waals surface area contributed by atoms with Crippen molar-refractivity contribution in [2.75, 3.05) is 0 Å². The van der Waals surface area contributed by atoms with Gasteiger partial charge >= 0.3 is 0 Å². The molecular weight excluding hydrogens is 372 g/mol. The molecule has 4 aromatic heterocycles. The number of para-hydroxylation sites is 4. The van der Waals surface area contributed by atoms with Crippen LogP contribution in [0.25, 0.3) is 55.6 Å². The zero-order chi connectivity index (χ0) is 19.8. The quantitative estimate of drug-likeness (QED) is 0.345. The molecule has 0 aliphatic carbocycles. The Kier molecular flexibility index (Phi) is 2.88. The van der Waals surface area contributed by atoms with Crippen LogP contribution in [0.3, 0.4) is 0 Å². The van der Waals surface area contributed by atoms with Crippen molar-refractivity contribution >= 4 is 49.9 Å². The Hall–Kier alpha value is -4.12. The number of furan rings is 1. The third kappa shape index (κ3) is 1.96. The number of nitrogens with zero attached hydrogens (tertiary/aromatic N) is 4. The van der Waals surface area contributed by atoms with Gasteiger partial charge in [-0.3, -0.25) is 8.97 Å². The minimum absolute atomic E-state index is 0.668. The van der Waals surface area contributed by atoms with Crippen molar-refractivity contribution in [1.29, 1.82) is 0 Å². The molecule has 0 spiro atoms. The van der Waals surface area contributed by atoms with E-state index in [1.165, 1.54) is 0 Å². The Morgan fingerprint density at radius 2 is 1.60 bits per heavy atom. The van der Waals surface area contributed by atoms with Gasteiger partial charge in [-0.15, -0.1) is 0 Å². The maximum absolute atomic E-state index is 5.96. The van der Waals surface area contributed by atoms with Crippen LogP contribution in [0.5, 0.6) is 0 Å². The summed E-state index contributed by atoms with van der Waals surface area (Å²) in [5.41, 5.74) is 8.02. The molecule has 0 fully saturated rings. The van der Waals surface area contributed by atoms with Gasteiger partial charge in [0.15, 0.2) is 0 Å². The number of aryl methyl sites for hydroxylation is 1. The fourth-order valence-corrected chi connectivity index (χ4v) is 4.50. The maximum atomic E-state index is 5.96. The molecule has 0 amide bonds. The molecule has 5 nitrogen and oxygen atoms in total. The number of pyridine rings is 1. The number of aromatic nitrogens is 4. The molecular formula is C25H16N4O. The van der Waals surface area contributed by atoms with E-state index in [9.17, 15) is 0 Å². The highest BCUT2D eigenvalue weighted by Crippen LogP contribution is 2.33. The normalized spacial score (nSPS) is 12.2. The van der Waals surface area contributed by atoms with Crippen LogP contribution in [0.4, 0.5) is 0 Å². The van der Waals surface area contributed by atoms with Crippen molar-refractivity contribution in [3.8, 4) is 5.69 Å². The largest absolute Gasteiger partial charge is 0.438 e. The van der Waals surface area contributed by atoms with Crippen LogP contribution in [-0.2, 0) is 0 Å². The minimum Gasteiger partial charge on any atom is -0.438 e. The van der Waals surface area contributed by atoms with E-state index in [2.05, 4.69) is 74.6 Å². The summed E-state index contributed by atoms with van der Waals surface area (Å²) >= 11 is 0. The van der Waals surface area contributed by atoms with Crippen molar-refractivity contribution < 1.29 is 4.42 Å². The minimum atomic E-state index is 0.668. The molecule has 0 saturated heterocycles. The first-order chi connectivity index (χ1) is 14.8. The molecule has 4 heterocycles. The number of benzene rings is 3. The SMILES string of the molecule is Cc1cnc2oc3ccc(-n4c5ccccc5n5c6ccccc6nc45)cc3c2c1. The molecule has 3 aromatic carbocycles. The van der Waals surface area contributed by atoms with Gasteiger partial charge in [-0.05, 0) is 61.0 Å². The second-order valence-corrected chi connectivity index (χ2v) is 7.71. The van der Waals surface area contributed by atoms with Gasteiger partial charge in [0.1, 0.15) is 5.58 Å². The summed E-state index contributed by atoms with van der Waals surface area (Å²) < 4.78 is 10.4. The molecule has 0 bridgehead atoms. The van der Waals surface area contributed by atoms with Gasteiger partial charge < -0.3 is 4.42 Å². The average Bonchev–Trinajstić information content (AvgIpc) is 3.41. The second-order valence-electron chi connectivity index (χ2n) is 7.71. The number of fused-ring (bicyclic) bond motifs is 8. The summed E-state index contributed by atoms with van der Waals surface area (Å²) in [5, 5.41) is 2.10. The molecule has 0 saturated carbocycles. The van der Waals surface area contributed by atoms with E-state index >= 15 is 0 Å². The molecule has 0 unspecified atom stereocenters. The lowest BCUT2D eigenvalue weighted by Crippen LogP contribution is -1.94. The van der Waals surface area contributed by atoms with E-state index in [4.69, 9.17) is 9.40 Å². The lowest BCUT2D eigenvalue weighted by molar-refractivity contribution is 0.654. The molecule has 7 rings (SSSR count). The number of hydrogen-bond donors (Lipinski definition) is 0. The van der Waals surface area contributed by atoms with Crippen molar-refractivity contribution in [3.63, 3.8) is 0 Å². The first kappa shape index (κ1) is 15.8. The van der Waals surface area contributed by atoms with Crippen LogP contribution < -0.4 is 0 Å². The van der Waals surface area contributed by atoms with Crippen molar-refractivity contribution in [1.82, 2.24) is 18.9 Å². The number of rotatable bonds is 1. The molecule has 7 aromatic rings. The Balaban J connectivity index is 1.63. The Labute approximate surface area is 170 Å². The summed E-state index contributed by atoms with van der Waals surface area (Å²) in [5.74, 6) is 0.902. The molecule has 142 valence electrons. The van der Waals surface area contributed by atoms with Crippen LogP contribution in [0.1, 0.15) is 5.56 Å². The monoisotopic (exact) mass is 388 g/mol. The second kappa shape index (κ2) is 5.48. The van der Waals surface area contributed by atoms with Crippen molar-refractivity contribution in [2.45, 2.75) is 6.92 Å². The highest BCUT2D eigenvalue weighted by atomic mass is 16.3. The number of imidazole rings is 2. The average molecular weight is 388 g/mol. The first-order valence-electron chi connectivity index (χ1n) is 9.94. The van der Waals surface area contributed by atoms with Crippen LogP contribution in [0, 0.1) is 6.92 Å². The van der Waals surface area contributed by atoms with Gasteiger partial charge in [-0.1, -0.05) is 24.3 Å². The molecule has 5 heteroatoms. The zero-order valence-corrected chi connectivity index (χ0v) is 16.2. The zero-order valence-electron chi connectivity index (χ0n) is 16.2. The predicted octanol–water partition coefficient (Wildman–Crippen LogP) is 6.03. The van der Waals surface area contributed by atoms with Crippen LogP contribution in [0.2, 0.25) is 0 Å². The van der Waals surface area contributed by atoms with Crippen LogP contribution in [-0.4, -0.2) is 18.9 Å². The third-order valence-electron chi connectivity index (χ3n) is 5.81. The topological polar surface area (TPSA) is 48.3 Å². The standard InChI is InChI=1S/C25H16N4O/c1-15-12-18-17-13-16(10-11-23(17)30-24(18)26-14-15)28-21-8-4-5-9-22(21)29-20-7-3-2-6-19(20)27-25(28)29/h2-14H,1H3. The highest BCUT2D eigenvalue weighted by molar-refractivity contribution is 6.05. The predicted molar refractivity (Wildman–Crippen MR) is 119 cm³/mol. The van der Waals surface area contributed by atoms with E-state index in [1.54, 1.807) is 0 Å². The van der Waals surface area contributed by atoms with E-state index in [1.807, 2.05) is 25.3 Å². The maximum Gasteiger partial charge on any atom is 0.227 e. The molecule has 0 aliphatic rings. The molecule has 0 atom stereocenters. The van der Waals surface area contributed by atoms with Gasteiger partial charge in [0, 0.05) is 17.0 Å². The summed E-state index contributed by atoms with van der Waals surface area (Å²) in [6, 6.07) is 25.1. The number of hydrogen-bond acceptors (Lipinski definition) is 3. The van der Waals surface area contributed by atoms with Gasteiger partial charge in [-0.2, -0.15) is 0 Å². The molecule has 0 N–H and O–H groups in total. The van der Waals surface area contributed by atoms with Gasteiger partial charge in [-0.25, -0.2) is 9.97 Å². The Morgan fingerprint density at radius 1 is 0.800 bits per heavy atom. The van der Waals surface area contributed by atoms with Gasteiger partial charge in [0.25, 0.3) is 0 Å². The molecule has 0 aliphatic heterocycles. The third-order valence-corrected chi connectivity index (χ3v) is 5.81. The van der Waals surface area contributed by atoms with Crippen molar-refractivity contribution in [2.24, 2.45) is 0 Å². The van der Waals surface area contributed by atoms with Crippen molar-refractivity contribution in [3.05, 3.63) is 84.6 Å². The van der Waals surface area contributed by atoms with Gasteiger partial charge in [0.05, 0.1) is 27.8 Å². The first-order valence-corrected chi connectivity index (χ1v) is 9.94. The summed E-state index contributed by atoms with van der Waals surface area (Å²) in [6.07, 6.45) is 1.84. The summed E-state index contributed by atoms with van der Waals surface area (Å²) in [4.78, 5) is 9.41. The van der Waals surface area contributed by atoms with E-state index < -0.39 is 0 Å². The van der Waals surface area contributed by atoms with Crippen LogP contribution >= 0.6 is 0 Å². The van der Waals surface area contributed by atoms with E-state index in [-0.39, 0.29) is 0 Å². The molecule has 30 heavy (non-hydrogen) atoms. The smallest absolute Gasteiger partial charge is 0.227 e. The fraction of sp³-hybridized carbons (Fsp3) is 0.0400. The Morgan fingerprint density at radius 3 is 2.50 bits per heavy atom.